The zero-order valence-corrected chi connectivity index (χ0v) is 13.1. The van der Waals surface area contributed by atoms with Gasteiger partial charge < -0.3 is 5.32 Å². The van der Waals surface area contributed by atoms with Crippen LogP contribution in [0.3, 0.4) is 0 Å². The first-order valence-corrected chi connectivity index (χ1v) is 8.61. The summed E-state index contributed by atoms with van der Waals surface area (Å²) in [5, 5.41) is 4.31. The van der Waals surface area contributed by atoms with E-state index in [0.717, 1.165) is 11.8 Å². The SMILES string of the molecule is CC(C)NCc1ccc(SC2CCCCCC2)cc1. The molecule has 0 radical (unpaired) electrons. The van der Waals surface area contributed by atoms with E-state index in [1.807, 2.05) is 0 Å². The van der Waals surface area contributed by atoms with Crippen LogP contribution in [-0.2, 0) is 6.54 Å². The molecule has 0 aromatic heterocycles. The lowest BCUT2D eigenvalue weighted by Crippen LogP contribution is -2.21. The number of rotatable bonds is 5. The smallest absolute Gasteiger partial charge is 0.0207 e. The van der Waals surface area contributed by atoms with E-state index in [9.17, 15) is 0 Å². The average molecular weight is 277 g/mol. The molecule has 0 unspecified atom stereocenters. The van der Waals surface area contributed by atoms with Crippen molar-refractivity contribution in [3.8, 4) is 0 Å². The second-order valence-electron chi connectivity index (χ2n) is 5.91. The molecule has 1 saturated carbocycles. The van der Waals surface area contributed by atoms with Gasteiger partial charge in [0.1, 0.15) is 0 Å². The zero-order valence-electron chi connectivity index (χ0n) is 12.3. The quantitative estimate of drug-likeness (QED) is 0.760. The van der Waals surface area contributed by atoms with Crippen molar-refractivity contribution in [2.45, 2.75) is 75.1 Å². The monoisotopic (exact) mass is 277 g/mol. The van der Waals surface area contributed by atoms with Crippen LogP contribution in [0.4, 0.5) is 0 Å². The van der Waals surface area contributed by atoms with Gasteiger partial charge in [0.15, 0.2) is 0 Å². The van der Waals surface area contributed by atoms with E-state index in [1.54, 1.807) is 0 Å². The average Bonchev–Trinajstić information content (AvgIpc) is 2.66. The maximum Gasteiger partial charge on any atom is 0.0207 e. The van der Waals surface area contributed by atoms with Gasteiger partial charge in [0.25, 0.3) is 0 Å². The van der Waals surface area contributed by atoms with Gasteiger partial charge in [-0.25, -0.2) is 0 Å². The van der Waals surface area contributed by atoms with Crippen molar-refractivity contribution < 1.29 is 0 Å². The zero-order chi connectivity index (χ0) is 13.5. The summed E-state index contributed by atoms with van der Waals surface area (Å²) in [5.41, 5.74) is 1.39. The van der Waals surface area contributed by atoms with Crippen LogP contribution in [0, 0.1) is 0 Å². The number of hydrogen-bond acceptors (Lipinski definition) is 2. The summed E-state index contributed by atoms with van der Waals surface area (Å²) < 4.78 is 0. The summed E-state index contributed by atoms with van der Waals surface area (Å²) in [6.45, 7) is 5.36. The van der Waals surface area contributed by atoms with Crippen molar-refractivity contribution in [1.82, 2.24) is 5.32 Å². The lowest BCUT2D eigenvalue weighted by molar-refractivity contribution is 0.588. The minimum absolute atomic E-state index is 0.556. The topological polar surface area (TPSA) is 12.0 Å². The van der Waals surface area contributed by atoms with Gasteiger partial charge in [0, 0.05) is 22.7 Å². The fourth-order valence-corrected chi connectivity index (χ4v) is 3.81. The normalized spacial score (nSPS) is 17.6. The molecular weight excluding hydrogens is 250 g/mol. The van der Waals surface area contributed by atoms with Crippen LogP contribution in [0.25, 0.3) is 0 Å². The van der Waals surface area contributed by atoms with Crippen LogP contribution in [0.1, 0.15) is 57.9 Å². The van der Waals surface area contributed by atoms with E-state index in [0.29, 0.717) is 6.04 Å². The van der Waals surface area contributed by atoms with Crippen molar-refractivity contribution in [3.63, 3.8) is 0 Å². The van der Waals surface area contributed by atoms with Gasteiger partial charge in [-0.3, -0.25) is 0 Å². The Balaban J connectivity index is 1.83. The van der Waals surface area contributed by atoms with E-state index in [2.05, 4.69) is 55.2 Å². The number of thioether (sulfide) groups is 1. The first kappa shape index (κ1) is 14.9. The Labute approximate surface area is 122 Å². The van der Waals surface area contributed by atoms with E-state index in [1.165, 1.54) is 49.0 Å². The van der Waals surface area contributed by atoms with Crippen LogP contribution in [-0.4, -0.2) is 11.3 Å². The van der Waals surface area contributed by atoms with Crippen molar-refractivity contribution in [2.24, 2.45) is 0 Å². The fourth-order valence-electron chi connectivity index (χ4n) is 2.56. The van der Waals surface area contributed by atoms with Gasteiger partial charge in [-0.05, 0) is 30.5 Å². The second kappa shape index (κ2) is 7.96. The summed E-state index contributed by atoms with van der Waals surface area (Å²) in [6.07, 6.45) is 8.54. The maximum atomic E-state index is 3.46. The Morgan fingerprint density at radius 3 is 2.26 bits per heavy atom. The van der Waals surface area contributed by atoms with Crippen molar-refractivity contribution in [2.75, 3.05) is 0 Å². The van der Waals surface area contributed by atoms with Crippen LogP contribution < -0.4 is 5.32 Å². The van der Waals surface area contributed by atoms with Gasteiger partial charge in [0.05, 0.1) is 0 Å². The Hall–Kier alpha value is -0.470. The van der Waals surface area contributed by atoms with Crippen molar-refractivity contribution >= 4 is 11.8 Å². The van der Waals surface area contributed by atoms with Crippen molar-refractivity contribution in [3.05, 3.63) is 29.8 Å². The predicted molar refractivity (Wildman–Crippen MR) is 85.8 cm³/mol. The molecule has 0 spiro atoms. The molecule has 1 fully saturated rings. The molecule has 1 N–H and O–H groups in total. The molecule has 0 aliphatic heterocycles. The molecule has 0 atom stereocenters. The molecule has 0 heterocycles. The Bertz CT molecular complexity index is 350. The molecule has 19 heavy (non-hydrogen) atoms. The van der Waals surface area contributed by atoms with E-state index in [-0.39, 0.29) is 0 Å². The molecular formula is C17H27NS. The molecule has 0 amide bonds. The third-order valence-corrected chi connectivity index (χ3v) is 5.09. The van der Waals surface area contributed by atoms with E-state index in [4.69, 9.17) is 0 Å². The minimum Gasteiger partial charge on any atom is -0.310 e. The largest absolute Gasteiger partial charge is 0.310 e. The van der Waals surface area contributed by atoms with Gasteiger partial charge in [-0.1, -0.05) is 51.7 Å². The van der Waals surface area contributed by atoms with Gasteiger partial charge in [0.2, 0.25) is 0 Å². The lowest BCUT2D eigenvalue weighted by Gasteiger charge is -2.14. The molecule has 1 aromatic carbocycles. The third kappa shape index (κ3) is 5.58. The predicted octanol–water partition coefficient (Wildman–Crippen LogP) is 5.00. The lowest BCUT2D eigenvalue weighted by atomic mass is 10.2. The van der Waals surface area contributed by atoms with E-state index >= 15 is 0 Å². The van der Waals surface area contributed by atoms with E-state index < -0.39 is 0 Å². The highest BCUT2D eigenvalue weighted by atomic mass is 32.2. The number of hydrogen-bond donors (Lipinski definition) is 1. The van der Waals surface area contributed by atoms with Crippen LogP contribution in [0.15, 0.2) is 29.2 Å². The fraction of sp³-hybridized carbons (Fsp3) is 0.647. The first-order valence-electron chi connectivity index (χ1n) is 7.73. The van der Waals surface area contributed by atoms with Gasteiger partial charge >= 0.3 is 0 Å². The van der Waals surface area contributed by atoms with Gasteiger partial charge in [-0.15, -0.1) is 11.8 Å². The molecule has 1 nitrogen and oxygen atoms in total. The van der Waals surface area contributed by atoms with Crippen molar-refractivity contribution in [1.29, 1.82) is 0 Å². The highest BCUT2D eigenvalue weighted by molar-refractivity contribution is 8.00. The molecule has 0 saturated heterocycles. The highest BCUT2D eigenvalue weighted by Crippen LogP contribution is 2.32. The summed E-state index contributed by atoms with van der Waals surface area (Å²) >= 11 is 2.09. The summed E-state index contributed by atoms with van der Waals surface area (Å²) in [5.74, 6) is 0. The van der Waals surface area contributed by atoms with Crippen LogP contribution in [0.5, 0.6) is 0 Å². The van der Waals surface area contributed by atoms with Crippen LogP contribution >= 0.6 is 11.8 Å². The molecule has 1 aliphatic rings. The highest BCUT2D eigenvalue weighted by Gasteiger charge is 2.13. The molecule has 1 aromatic rings. The molecule has 106 valence electrons. The molecule has 0 bridgehead atoms. The molecule has 2 rings (SSSR count). The van der Waals surface area contributed by atoms with Crippen LogP contribution in [0.2, 0.25) is 0 Å². The Morgan fingerprint density at radius 2 is 1.68 bits per heavy atom. The molecule has 2 heteroatoms. The maximum absolute atomic E-state index is 3.46. The summed E-state index contributed by atoms with van der Waals surface area (Å²) in [4.78, 5) is 1.44. The number of nitrogens with one attached hydrogen (secondary N) is 1. The number of benzene rings is 1. The summed E-state index contributed by atoms with van der Waals surface area (Å²) in [6, 6.07) is 9.70. The molecule has 1 aliphatic carbocycles. The third-order valence-electron chi connectivity index (χ3n) is 3.74. The minimum atomic E-state index is 0.556. The summed E-state index contributed by atoms with van der Waals surface area (Å²) in [7, 11) is 0. The second-order valence-corrected chi connectivity index (χ2v) is 7.28. The van der Waals surface area contributed by atoms with Gasteiger partial charge in [-0.2, -0.15) is 0 Å². The first-order chi connectivity index (χ1) is 9.24. The standard InChI is InChI=1S/C17H27NS/c1-14(2)18-13-15-9-11-17(12-10-15)19-16-7-5-3-4-6-8-16/h9-12,14,16,18H,3-8,13H2,1-2H3. The Kier molecular flexibility index (Phi) is 6.25. The Morgan fingerprint density at radius 1 is 1.05 bits per heavy atom.